The number of amides is 1. The Morgan fingerprint density at radius 2 is 1.92 bits per heavy atom. The molecule has 0 aliphatic rings. The summed E-state index contributed by atoms with van der Waals surface area (Å²) < 4.78 is 30.3. The van der Waals surface area contributed by atoms with Gasteiger partial charge in [-0.15, -0.1) is 0 Å². The molecule has 0 saturated heterocycles. The fourth-order valence-corrected chi connectivity index (χ4v) is 3.36. The molecule has 1 amide bonds. The molecule has 1 N–H and O–H groups in total. The van der Waals surface area contributed by atoms with Crippen molar-refractivity contribution in [3.05, 3.63) is 59.1 Å². The number of methoxy groups -OCH3 is 1. The molecule has 2 aromatic carbocycles. The number of halogens is 1. The minimum atomic E-state index is -3.53. The highest BCUT2D eigenvalue weighted by molar-refractivity contribution is 7.88. The number of hydrogen-bond donors (Lipinski definition) is 1. The summed E-state index contributed by atoms with van der Waals surface area (Å²) in [5.74, 6) is 0.179. The van der Waals surface area contributed by atoms with Gasteiger partial charge in [0.2, 0.25) is 15.9 Å². The van der Waals surface area contributed by atoms with E-state index in [4.69, 9.17) is 16.3 Å². The van der Waals surface area contributed by atoms with Crippen molar-refractivity contribution in [1.29, 1.82) is 0 Å². The Hall–Kier alpha value is -2.09. The molecule has 0 spiro atoms. The van der Waals surface area contributed by atoms with Gasteiger partial charge < -0.3 is 10.1 Å². The van der Waals surface area contributed by atoms with Crippen LogP contribution in [-0.2, 0) is 21.2 Å². The molecule has 0 fully saturated rings. The summed E-state index contributed by atoms with van der Waals surface area (Å²) in [6.45, 7) is -0.0820. The quantitative estimate of drug-likeness (QED) is 0.744. The normalized spacial score (nSPS) is 11.4. The monoisotopic (exact) mass is 396 g/mol. The van der Waals surface area contributed by atoms with Crippen LogP contribution in [0.15, 0.2) is 48.5 Å². The van der Waals surface area contributed by atoms with Gasteiger partial charge in [0.1, 0.15) is 5.75 Å². The predicted molar refractivity (Wildman–Crippen MR) is 103 cm³/mol. The van der Waals surface area contributed by atoms with Crippen molar-refractivity contribution in [2.24, 2.45) is 0 Å². The number of nitrogens with one attached hydrogen (secondary N) is 1. The van der Waals surface area contributed by atoms with E-state index in [0.29, 0.717) is 22.9 Å². The topological polar surface area (TPSA) is 75.7 Å². The summed E-state index contributed by atoms with van der Waals surface area (Å²) in [5.41, 5.74) is 1.44. The van der Waals surface area contributed by atoms with E-state index in [2.05, 4.69) is 5.32 Å². The number of carbonyl (C=O) groups excluding carboxylic acids is 1. The average Bonchev–Trinajstić information content (AvgIpc) is 2.57. The van der Waals surface area contributed by atoms with Crippen LogP contribution >= 0.6 is 11.6 Å². The van der Waals surface area contributed by atoms with E-state index in [1.54, 1.807) is 42.5 Å². The van der Waals surface area contributed by atoms with Crippen molar-refractivity contribution in [3.63, 3.8) is 0 Å². The largest absolute Gasteiger partial charge is 0.497 e. The molecule has 2 rings (SSSR count). The van der Waals surface area contributed by atoms with E-state index in [9.17, 15) is 13.2 Å². The van der Waals surface area contributed by atoms with Gasteiger partial charge in [-0.3, -0.25) is 4.79 Å². The minimum absolute atomic E-state index is 0.185. The van der Waals surface area contributed by atoms with Crippen LogP contribution in [0.25, 0.3) is 0 Å². The van der Waals surface area contributed by atoms with Crippen LogP contribution in [-0.4, -0.2) is 45.1 Å². The molecular weight excluding hydrogens is 376 g/mol. The molecule has 6 nitrogen and oxygen atoms in total. The Kier molecular flexibility index (Phi) is 7.02. The van der Waals surface area contributed by atoms with Gasteiger partial charge >= 0.3 is 0 Å². The molecule has 0 saturated carbocycles. The Balaban J connectivity index is 2.01. The van der Waals surface area contributed by atoms with Gasteiger partial charge in [0, 0.05) is 23.3 Å². The van der Waals surface area contributed by atoms with E-state index in [1.165, 1.54) is 7.11 Å². The second-order valence-electron chi connectivity index (χ2n) is 5.76. The van der Waals surface area contributed by atoms with E-state index < -0.39 is 15.9 Å². The first-order chi connectivity index (χ1) is 12.3. The number of rotatable bonds is 8. The van der Waals surface area contributed by atoms with Gasteiger partial charge in [0.25, 0.3) is 0 Å². The maximum Gasteiger partial charge on any atom is 0.239 e. The first-order valence-corrected chi connectivity index (χ1v) is 10.1. The maximum absolute atomic E-state index is 12.3. The second-order valence-corrected chi connectivity index (χ2v) is 8.18. The number of nitrogens with zero attached hydrogens (tertiary/aromatic N) is 1. The molecule has 0 aliphatic heterocycles. The summed E-state index contributed by atoms with van der Waals surface area (Å²) in [4.78, 5) is 12.3. The Morgan fingerprint density at radius 3 is 2.58 bits per heavy atom. The first-order valence-electron chi connectivity index (χ1n) is 7.91. The highest BCUT2D eigenvalue weighted by Gasteiger charge is 2.20. The predicted octanol–water partition coefficient (Wildman–Crippen LogP) is 2.79. The van der Waals surface area contributed by atoms with Crippen molar-refractivity contribution < 1.29 is 17.9 Å². The Labute approximate surface area is 158 Å². The van der Waals surface area contributed by atoms with Gasteiger partial charge in [0.05, 0.1) is 19.9 Å². The molecule has 2 aromatic rings. The van der Waals surface area contributed by atoms with E-state index >= 15 is 0 Å². The number of hydrogen-bond acceptors (Lipinski definition) is 4. The number of carbonyl (C=O) groups is 1. The molecule has 140 valence electrons. The lowest BCUT2D eigenvalue weighted by Gasteiger charge is -2.19. The summed E-state index contributed by atoms with van der Waals surface area (Å²) in [6.07, 6.45) is 1.55. The van der Waals surface area contributed by atoms with Crippen molar-refractivity contribution >= 4 is 33.2 Å². The van der Waals surface area contributed by atoms with Gasteiger partial charge in [-0.2, -0.15) is 4.31 Å². The fourth-order valence-electron chi connectivity index (χ4n) is 2.37. The zero-order valence-corrected chi connectivity index (χ0v) is 16.2. The standard InChI is InChI=1S/C18H21ClN2O4S/c1-25-17-8-4-7-16(12-17)20-18(22)13-21(26(2,23)24)10-9-14-5-3-6-15(19)11-14/h3-8,11-12H,9-10,13H2,1-2H3,(H,20,22). The molecule has 0 radical (unpaired) electrons. The van der Waals surface area contributed by atoms with E-state index in [1.807, 2.05) is 6.07 Å². The Bertz CT molecular complexity index is 871. The Morgan fingerprint density at radius 1 is 1.19 bits per heavy atom. The maximum atomic E-state index is 12.3. The lowest BCUT2D eigenvalue weighted by Crippen LogP contribution is -2.38. The van der Waals surface area contributed by atoms with Crippen molar-refractivity contribution in [2.45, 2.75) is 6.42 Å². The third kappa shape index (κ3) is 6.33. The zero-order valence-electron chi connectivity index (χ0n) is 14.6. The van der Waals surface area contributed by atoms with Gasteiger partial charge in [-0.05, 0) is 36.2 Å². The van der Waals surface area contributed by atoms with Gasteiger partial charge in [-0.25, -0.2) is 8.42 Å². The van der Waals surface area contributed by atoms with Crippen molar-refractivity contribution in [3.8, 4) is 5.75 Å². The smallest absolute Gasteiger partial charge is 0.239 e. The van der Waals surface area contributed by atoms with Crippen LogP contribution in [0.4, 0.5) is 5.69 Å². The summed E-state index contributed by atoms with van der Waals surface area (Å²) in [6, 6.07) is 14.1. The van der Waals surface area contributed by atoms with Gasteiger partial charge in [-0.1, -0.05) is 29.8 Å². The summed E-state index contributed by atoms with van der Waals surface area (Å²) >= 11 is 5.94. The zero-order chi connectivity index (χ0) is 19.2. The lowest BCUT2D eigenvalue weighted by atomic mass is 10.1. The number of ether oxygens (including phenoxy) is 1. The third-order valence-corrected chi connectivity index (χ3v) is 5.17. The molecule has 0 unspecified atom stereocenters. The fraction of sp³-hybridized carbons (Fsp3) is 0.278. The van der Waals surface area contributed by atoms with Crippen LogP contribution in [0.2, 0.25) is 5.02 Å². The van der Waals surface area contributed by atoms with Gasteiger partial charge in [0.15, 0.2) is 0 Å². The lowest BCUT2D eigenvalue weighted by molar-refractivity contribution is -0.116. The highest BCUT2D eigenvalue weighted by Crippen LogP contribution is 2.17. The summed E-state index contributed by atoms with van der Waals surface area (Å²) in [7, 11) is -2.00. The van der Waals surface area contributed by atoms with Crippen LogP contribution in [0.5, 0.6) is 5.75 Å². The number of benzene rings is 2. The first kappa shape index (κ1) is 20.2. The average molecular weight is 397 g/mol. The molecule has 0 aliphatic carbocycles. The minimum Gasteiger partial charge on any atom is -0.497 e. The molecule has 26 heavy (non-hydrogen) atoms. The molecule has 8 heteroatoms. The second kappa shape index (κ2) is 9.02. The highest BCUT2D eigenvalue weighted by atomic mass is 35.5. The molecule has 0 aromatic heterocycles. The van der Waals surface area contributed by atoms with Crippen LogP contribution < -0.4 is 10.1 Å². The molecule has 0 bridgehead atoms. The van der Waals surface area contributed by atoms with Crippen molar-refractivity contribution in [2.75, 3.05) is 31.8 Å². The SMILES string of the molecule is COc1cccc(NC(=O)CN(CCc2cccc(Cl)c2)S(C)(=O)=O)c1. The number of anilines is 1. The molecular formula is C18H21ClN2O4S. The summed E-state index contributed by atoms with van der Waals surface area (Å²) in [5, 5.41) is 3.27. The van der Waals surface area contributed by atoms with E-state index in [0.717, 1.165) is 16.1 Å². The number of sulfonamides is 1. The third-order valence-electron chi connectivity index (χ3n) is 3.68. The van der Waals surface area contributed by atoms with Crippen molar-refractivity contribution in [1.82, 2.24) is 4.31 Å². The molecule has 0 atom stereocenters. The molecule has 0 heterocycles. The van der Waals surface area contributed by atoms with Crippen LogP contribution in [0.1, 0.15) is 5.56 Å². The van der Waals surface area contributed by atoms with Crippen LogP contribution in [0, 0.1) is 0 Å². The van der Waals surface area contributed by atoms with Crippen LogP contribution in [0.3, 0.4) is 0 Å². The van der Waals surface area contributed by atoms with E-state index in [-0.39, 0.29) is 13.1 Å².